The molecule has 0 aliphatic carbocycles. The van der Waals surface area contributed by atoms with Crippen LogP contribution in [0.2, 0.25) is 5.02 Å². The first-order valence-corrected chi connectivity index (χ1v) is 7.87. The number of nitrogens with two attached hydrogens (primary N) is 1. The summed E-state index contributed by atoms with van der Waals surface area (Å²) in [4.78, 5) is 0. The summed E-state index contributed by atoms with van der Waals surface area (Å²) >= 11 is 6.09. The van der Waals surface area contributed by atoms with Crippen LogP contribution in [0.15, 0.2) is 18.2 Å². The standard InChI is InChI=1S/C16H23ClF3N/c17-15-12-14(21)10-9-13(15)8-6-4-2-1-3-5-7-11-16(18,19)20/h9-10,12H,1-8,11,21H2. The van der Waals surface area contributed by atoms with E-state index < -0.39 is 12.6 Å². The number of anilines is 1. The smallest absolute Gasteiger partial charge is 0.389 e. The number of rotatable bonds is 9. The van der Waals surface area contributed by atoms with E-state index in [1.807, 2.05) is 12.1 Å². The van der Waals surface area contributed by atoms with Crippen LogP contribution in [0.25, 0.3) is 0 Å². The van der Waals surface area contributed by atoms with E-state index in [1.165, 1.54) is 0 Å². The van der Waals surface area contributed by atoms with Gasteiger partial charge in [-0.05, 0) is 37.0 Å². The first kappa shape index (κ1) is 18.1. The number of unbranched alkanes of at least 4 members (excludes halogenated alkanes) is 6. The predicted octanol–water partition coefficient (Wildman–Crippen LogP) is 6.15. The molecule has 1 aromatic carbocycles. The second-order valence-corrected chi connectivity index (χ2v) is 5.85. The molecule has 0 amide bonds. The number of aryl methyl sites for hydroxylation is 1. The van der Waals surface area contributed by atoms with Crippen LogP contribution >= 0.6 is 11.6 Å². The summed E-state index contributed by atoms with van der Waals surface area (Å²) in [6.45, 7) is 0. The van der Waals surface area contributed by atoms with Crippen LogP contribution in [-0.4, -0.2) is 6.18 Å². The maximum absolute atomic E-state index is 11.9. The van der Waals surface area contributed by atoms with Crippen LogP contribution in [0.3, 0.4) is 0 Å². The van der Waals surface area contributed by atoms with Gasteiger partial charge in [0.2, 0.25) is 0 Å². The number of nitrogen functional groups attached to an aromatic ring is 1. The van der Waals surface area contributed by atoms with Gasteiger partial charge in [-0.2, -0.15) is 13.2 Å². The van der Waals surface area contributed by atoms with Gasteiger partial charge in [0.1, 0.15) is 0 Å². The molecule has 120 valence electrons. The highest BCUT2D eigenvalue weighted by atomic mass is 35.5. The molecule has 2 N–H and O–H groups in total. The molecular weight excluding hydrogens is 299 g/mol. The molecule has 5 heteroatoms. The molecule has 0 aliphatic rings. The Kier molecular flexibility index (Phi) is 7.94. The van der Waals surface area contributed by atoms with Gasteiger partial charge < -0.3 is 5.73 Å². The lowest BCUT2D eigenvalue weighted by atomic mass is 10.0. The van der Waals surface area contributed by atoms with Crippen molar-refractivity contribution in [1.29, 1.82) is 0 Å². The Morgan fingerprint density at radius 3 is 2.05 bits per heavy atom. The third-order valence-corrected chi connectivity index (χ3v) is 3.84. The molecule has 21 heavy (non-hydrogen) atoms. The van der Waals surface area contributed by atoms with Gasteiger partial charge in [0, 0.05) is 17.1 Å². The highest BCUT2D eigenvalue weighted by Crippen LogP contribution is 2.24. The molecule has 0 heterocycles. The van der Waals surface area contributed by atoms with E-state index in [0.717, 1.165) is 44.1 Å². The van der Waals surface area contributed by atoms with Crippen molar-refractivity contribution in [3.05, 3.63) is 28.8 Å². The SMILES string of the molecule is Nc1ccc(CCCCCCCCCC(F)(F)F)c(Cl)c1. The Morgan fingerprint density at radius 2 is 1.48 bits per heavy atom. The van der Waals surface area contributed by atoms with Crippen LogP contribution in [0.5, 0.6) is 0 Å². The molecule has 1 aromatic rings. The van der Waals surface area contributed by atoms with E-state index in [-0.39, 0.29) is 6.42 Å². The van der Waals surface area contributed by atoms with Crippen LogP contribution in [0, 0.1) is 0 Å². The topological polar surface area (TPSA) is 26.0 Å². The van der Waals surface area contributed by atoms with E-state index >= 15 is 0 Å². The summed E-state index contributed by atoms with van der Waals surface area (Å²) in [7, 11) is 0. The number of hydrogen-bond acceptors (Lipinski definition) is 1. The summed E-state index contributed by atoms with van der Waals surface area (Å²) in [5.74, 6) is 0. The maximum Gasteiger partial charge on any atom is 0.389 e. The summed E-state index contributed by atoms with van der Waals surface area (Å²) in [6, 6.07) is 5.56. The van der Waals surface area contributed by atoms with Crippen molar-refractivity contribution >= 4 is 17.3 Å². The van der Waals surface area contributed by atoms with E-state index in [2.05, 4.69) is 0 Å². The van der Waals surface area contributed by atoms with Crippen molar-refractivity contribution in [3.8, 4) is 0 Å². The molecule has 0 radical (unpaired) electrons. The largest absolute Gasteiger partial charge is 0.399 e. The van der Waals surface area contributed by atoms with E-state index in [9.17, 15) is 13.2 Å². The molecule has 1 rings (SSSR count). The lowest BCUT2D eigenvalue weighted by molar-refractivity contribution is -0.135. The fraction of sp³-hybridized carbons (Fsp3) is 0.625. The average Bonchev–Trinajstić information content (AvgIpc) is 2.37. The average molecular weight is 322 g/mol. The van der Waals surface area contributed by atoms with Gasteiger partial charge in [-0.1, -0.05) is 49.8 Å². The van der Waals surface area contributed by atoms with Crippen LogP contribution in [0.4, 0.5) is 18.9 Å². The lowest BCUT2D eigenvalue weighted by Crippen LogP contribution is -2.06. The summed E-state index contributed by atoms with van der Waals surface area (Å²) in [5, 5.41) is 0.710. The zero-order chi connectivity index (χ0) is 15.7. The van der Waals surface area contributed by atoms with E-state index in [4.69, 9.17) is 17.3 Å². The van der Waals surface area contributed by atoms with Gasteiger partial charge in [0.05, 0.1) is 0 Å². The van der Waals surface area contributed by atoms with Crippen molar-refractivity contribution in [2.75, 3.05) is 5.73 Å². The number of hydrogen-bond donors (Lipinski definition) is 1. The second-order valence-electron chi connectivity index (χ2n) is 5.44. The van der Waals surface area contributed by atoms with Gasteiger partial charge in [-0.3, -0.25) is 0 Å². The summed E-state index contributed by atoms with van der Waals surface area (Å²) in [6.07, 6.45) is 2.29. The highest BCUT2D eigenvalue weighted by molar-refractivity contribution is 6.31. The number of halogens is 4. The second kappa shape index (κ2) is 9.19. The Hall–Kier alpha value is -0.900. The Labute approximate surface area is 129 Å². The maximum atomic E-state index is 11.9. The highest BCUT2D eigenvalue weighted by Gasteiger charge is 2.25. The van der Waals surface area contributed by atoms with Gasteiger partial charge in [-0.15, -0.1) is 0 Å². The molecule has 0 atom stereocenters. The third kappa shape index (κ3) is 8.86. The van der Waals surface area contributed by atoms with Gasteiger partial charge in [0.25, 0.3) is 0 Å². The molecule has 0 bridgehead atoms. The normalized spacial score (nSPS) is 11.8. The molecule has 0 saturated carbocycles. The number of alkyl halides is 3. The molecule has 0 fully saturated rings. The Balaban J connectivity index is 2.00. The molecular formula is C16H23ClF3N. The molecule has 0 unspecified atom stereocenters. The summed E-state index contributed by atoms with van der Waals surface area (Å²) < 4.78 is 35.8. The van der Waals surface area contributed by atoms with Crippen LogP contribution < -0.4 is 5.73 Å². The zero-order valence-electron chi connectivity index (χ0n) is 12.2. The summed E-state index contributed by atoms with van der Waals surface area (Å²) in [5.41, 5.74) is 7.41. The van der Waals surface area contributed by atoms with Gasteiger partial charge in [-0.25, -0.2) is 0 Å². The van der Waals surface area contributed by atoms with Crippen molar-refractivity contribution < 1.29 is 13.2 Å². The van der Waals surface area contributed by atoms with E-state index in [0.29, 0.717) is 17.1 Å². The quantitative estimate of drug-likeness (QED) is 0.428. The zero-order valence-corrected chi connectivity index (χ0v) is 12.9. The fourth-order valence-electron chi connectivity index (χ4n) is 2.29. The van der Waals surface area contributed by atoms with Gasteiger partial charge in [0.15, 0.2) is 0 Å². The van der Waals surface area contributed by atoms with Crippen molar-refractivity contribution in [2.24, 2.45) is 0 Å². The first-order chi connectivity index (χ1) is 9.88. The minimum absolute atomic E-state index is 0.255. The van der Waals surface area contributed by atoms with Crippen molar-refractivity contribution in [1.82, 2.24) is 0 Å². The van der Waals surface area contributed by atoms with Crippen molar-refractivity contribution in [3.63, 3.8) is 0 Å². The molecule has 1 nitrogen and oxygen atoms in total. The van der Waals surface area contributed by atoms with Gasteiger partial charge >= 0.3 is 6.18 Å². The Morgan fingerprint density at radius 1 is 0.905 bits per heavy atom. The minimum atomic E-state index is -4.00. The molecule has 0 aliphatic heterocycles. The van der Waals surface area contributed by atoms with Crippen LogP contribution in [0.1, 0.15) is 56.9 Å². The molecule has 0 aromatic heterocycles. The first-order valence-electron chi connectivity index (χ1n) is 7.49. The third-order valence-electron chi connectivity index (χ3n) is 3.48. The van der Waals surface area contributed by atoms with E-state index in [1.54, 1.807) is 6.07 Å². The van der Waals surface area contributed by atoms with Crippen LogP contribution in [-0.2, 0) is 6.42 Å². The lowest BCUT2D eigenvalue weighted by Gasteiger charge is -2.06. The number of benzene rings is 1. The monoisotopic (exact) mass is 321 g/mol. The minimum Gasteiger partial charge on any atom is -0.399 e. The predicted molar refractivity (Wildman–Crippen MR) is 82.6 cm³/mol. The molecule has 0 spiro atoms. The molecule has 0 saturated heterocycles. The fourth-order valence-corrected chi connectivity index (χ4v) is 2.57. The Bertz CT molecular complexity index is 418. The van der Waals surface area contributed by atoms with Crippen molar-refractivity contribution in [2.45, 2.75) is 64.0 Å².